The molecule has 1 aromatic carbocycles. The number of ketones is 1. The van der Waals surface area contributed by atoms with Crippen LogP contribution in [0.25, 0.3) is 0 Å². The van der Waals surface area contributed by atoms with Gasteiger partial charge in [0.05, 0.1) is 18.3 Å². The van der Waals surface area contributed by atoms with E-state index in [1.54, 1.807) is 6.07 Å². The number of Topliss-reactive ketones (excluding diaryl/α,β-unsaturated/α-hetero) is 1. The van der Waals surface area contributed by atoms with E-state index < -0.39 is 24.2 Å². The van der Waals surface area contributed by atoms with Crippen molar-refractivity contribution in [2.24, 2.45) is 52.1 Å². The Balaban J connectivity index is 1.30. The number of aliphatic carboxylic acids is 1. The van der Waals surface area contributed by atoms with Crippen molar-refractivity contribution in [3.05, 3.63) is 29.3 Å². The Morgan fingerprint density at radius 1 is 1.05 bits per heavy atom. The number of carboxylic acids is 1. The Kier molecular flexibility index (Phi) is 8.36. The third kappa shape index (κ3) is 5.23. The highest BCUT2D eigenvalue weighted by Gasteiger charge is 2.65. The zero-order valence-corrected chi connectivity index (χ0v) is 24.7. The third-order valence-corrected chi connectivity index (χ3v) is 12.5. The summed E-state index contributed by atoms with van der Waals surface area (Å²) in [4.78, 5) is 24.6. The molecule has 0 heterocycles. The molecule has 4 aliphatic rings. The monoisotopic (exact) mass is 571 g/mol. The van der Waals surface area contributed by atoms with Gasteiger partial charge in [-0.05, 0) is 122 Å². The number of carboxylic acid groups (broad SMARTS) is 1. The second-order valence-corrected chi connectivity index (χ2v) is 14.5. The minimum atomic E-state index is -1.14. The van der Waals surface area contributed by atoms with Gasteiger partial charge in [-0.1, -0.05) is 26.8 Å². The average Bonchev–Trinajstić information content (AvgIpc) is 3.28. The molecule has 0 radical (unpaired) electrons. The number of nitrogens with two attached hydrogens (primary N) is 1. The number of rotatable bonds is 8. The molecular formula is C33H49NO7. The SMILES string of the molecule is CC(CCC(=O)c1cc(O)ccc1CC(N)C(=O)O)C1CCC2C3C(O)CC4CC(O)CCC4(C)C3CC(O)C12C. The van der Waals surface area contributed by atoms with Gasteiger partial charge in [-0.25, -0.2) is 0 Å². The molecule has 7 N–H and O–H groups in total. The zero-order chi connectivity index (χ0) is 29.9. The van der Waals surface area contributed by atoms with E-state index in [-0.39, 0.29) is 76.8 Å². The summed E-state index contributed by atoms with van der Waals surface area (Å²) in [6.07, 6.45) is 5.48. The Labute approximate surface area is 243 Å². The maximum absolute atomic E-state index is 13.3. The summed E-state index contributed by atoms with van der Waals surface area (Å²) >= 11 is 0. The Bertz CT molecular complexity index is 1160. The first-order chi connectivity index (χ1) is 19.3. The minimum Gasteiger partial charge on any atom is -0.508 e. The fraction of sp³-hybridized carbons (Fsp3) is 0.758. The van der Waals surface area contributed by atoms with Gasteiger partial charge in [0.1, 0.15) is 11.8 Å². The van der Waals surface area contributed by atoms with Crippen LogP contribution < -0.4 is 5.73 Å². The number of aromatic hydroxyl groups is 1. The molecule has 8 heteroatoms. The van der Waals surface area contributed by atoms with E-state index in [2.05, 4.69) is 20.8 Å². The molecule has 0 amide bonds. The van der Waals surface area contributed by atoms with Gasteiger partial charge >= 0.3 is 5.97 Å². The Morgan fingerprint density at radius 3 is 2.49 bits per heavy atom. The topological polar surface area (TPSA) is 161 Å². The van der Waals surface area contributed by atoms with E-state index in [9.17, 15) is 35.1 Å². The quantitative estimate of drug-likeness (QED) is 0.256. The molecule has 0 spiro atoms. The number of carbonyl (C=O) groups is 2. The van der Waals surface area contributed by atoms with Gasteiger partial charge in [0.25, 0.3) is 0 Å². The molecule has 4 saturated carbocycles. The van der Waals surface area contributed by atoms with E-state index in [0.717, 1.165) is 38.5 Å². The summed E-state index contributed by atoms with van der Waals surface area (Å²) < 4.78 is 0. The predicted molar refractivity (Wildman–Crippen MR) is 154 cm³/mol. The normalized spacial score (nSPS) is 41.5. The van der Waals surface area contributed by atoms with Crippen LogP contribution in [-0.2, 0) is 11.2 Å². The van der Waals surface area contributed by atoms with Crippen molar-refractivity contribution in [3.8, 4) is 5.75 Å². The van der Waals surface area contributed by atoms with Crippen LogP contribution in [0.4, 0.5) is 0 Å². The highest BCUT2D eigenvalue weighted by Crippen LogP contribution is 2.68. The number of carbonyl (C=O) groups excluding carboxylic acids is 1. The van der Waals surface area contributed by atoms with Gasteiger partial charge in [-0.3, -0.25) is 9.59 Å². The van der Waals surface area contributed by atoms with Crippen molar-refractivity contribution in [2.45, 2.75) is 109 Å². The van der Waals surface area contributed by atoms with Crippen LogP contribution in [0.1, 0.15) is 94.5 Å². The van der Waals surface area contributed by atoms with E-state index in [0.29, 0.717) is 24.0 Å². The molecule has 8 nitrogen and oxygen atoms in total. The molecule has 0 saturated heterocycles. The predicted octanol–water partition coefficient (Wildman–Crippen LogP) is 3.91. The molecule has 0 aromatic heterocycles. The second-order valence-electron chi connectivity index (χ2n) is 14.5. The first-order valence-electron chi connectivity index (χ1n) is 15.6. The van der Waals surface area contributed by atoms with Crippen molar-refractivity contribution in [1.82, 2.24) is 0 Å². The van der Waals surface area contributed by atoms with E-state index >= 15 is 0 Å². The first-order valence-corrected chi connectivity index (χ1v) is 15.6. The molecule has 12 unspecified atom stereocenters. The first kappa shape index (κ1) is 30.5. The lowest BCUT2D eigenvalue weighted by atomic mass is 9.43. The molecule has 228 valence electrons. The van der Waals surface area contributed by atoms with E-state index in [1.807, 2.05) is 0 Å². The summed E-state index contributed by atoms with van der Waals surface area (Å²) in [7, 11) is 0. The molecular weight excluding hydrogens is 522 g/mol. The fourth-order valence-electron chi connectivity index (χ4n) is 10.2. The largest absolute Gasteiger partial charge is 0.508 e. The van der Waals surface area contributed by atoms with Crippen LogP contribution in [0.3, 0.4) is 0 Å². The van der Waals surface area contributed by atoms with E-state index in [1.165, 1.54) is 12.1 Å². The number of benzene rings is 1. The van der Waals surface area contributed by atoms with Gasteiger partial charge in [0, 0.05) is 12.0 Å². The maximum Gasteiger partial charge on any atom is 0.320 e. The van der Waals surface area contributed by atoms with Crippen LogP contribution in [-0.4, -0.2) is 61.6 Å². The summed E-state index contributed by atoms with van der Waals surface area (Å²) in [5.41, 5.74) is 6.26. The standard InChI is InChI=1S/C33H49NO7/c1-17(4-9-27(37)22-15-20(35)6-5-18(22)12-26(34)31(40)41)23-7-8-24-30-25(16-29(39)33(23,24)3)32(2)11-10-21(36)13-19(32)14-28(30)38/h5-6,15,17,19,21,23-26,28-30,35-36,38-39H,4,7-14,16,34H2,1-3H3,(H,40,41). The van der Waals surface area contributed by atoms with Crippen LogP contribution in [0, 0.1) is 46.3 Å². The zero-order valence-electron chi connectivity index (χ0n) is 24.7. The minimum absolute atomic E-state index is 0.00439. The van der Waals surface area contributed by atoms with Crippen molar-refractivity contribution in [1.29, 1.82) is 0 Å². The lowest BCUT2D eigenvalue weighted by molar-refractivity contribution is -0.207. The number of hydrogen-bond donors (Lipinski definition) is 6. The summed E-state index contributed by atoms with van der Waals surface area (Å²) in [6.45, 7) is 6.70. The van der Waals surface area contributed by atoms with Crippen LogP contribution in [0.2, 0.25) is 0 Å². The van der Waals surface area contributed by atoms with Crippen molar-refractivity contribution >= 4 is 11.8 Å². The second kappa shape index (κ2) is 11.3. The van der Waals surface area contributed by atoms with Gasteiger partial charge in [-0.2, -0.15) is 0 Å². The average molecular weight is 572 g/mol. The third-order valence-electron chi connectivity index (χ3n) is 12.5. The van der Waals surface area contributed by atoms with Crippen LogP contribution in [0.15, 0.2) is 18.2 Å². The molecule has 0 aliphatic heterocycles. The van der Waals surface area contributed by atoms with Gasteiger partial charge in [0.2, 0.25) is 0 Å². The molecule has 4 fully saturated rings. The number of aliphatic hydroxyl groups is 3. The van der Waals surface area contributed by atoms with Crippen molar-refractivity contribution < 1.29 is 35.1 Å². The number of phenols is 1. The highest BCUT2D eigenvalue weighted by molar-refractivity contribution is 5.98. The van der Waals surface area contributed by atoms with Crippen LogP contribution >= 0.6 is 0 Å². The van der Waals surface area contributed by atoms with Gasteiger partial charge in [-0.15, -0.1) is 0 Å². The molecule has 1 aromatic rings. The van der Waals surface area contributed by atoms with Crippen molar-refractivity contribution in [3.63, 3.8) is 0 Å². The summed E-state index contributed by atoms with van der Waals surface area (Å²) in [5, 5.41) is 52.9. The Hall–Kier alpha value is -2.00. The highest BCUT2D eigenvalue weighted by atomic mass is 16.4. The number of hydrogen-bond acceptors (Lipinski definition) is 7. The number of aliphatic hydroxyl groups excluding tert-OH is 3. The molecule has 12 atom stereocenters. The van der Waals surface area contributed by atoms with Crippen molar-refractivity contribution in [2.75, 3.05) is 0 Å². The maximum atomic E-state index is 13.3. The summed E-state index contributed by atoms with van der Waals surface area (Å²) in [5.74, 6) is -0.0676. The Morgan fingerprint density at radius 2 is 1.78 bits per heavy atom. The number of fused-ring (bicyclic) bond motifs is 5. The fourth-order valence-corrected chi connectivity index (χ4v) is 10.2. The van der Waals surface area contributed by atoms with Gasteiger partial charge in [0.15, 0.2) is 5.78 Å². The molecule has 41 heavy (non-hydrogen) atoms. The van der Waals surface area contributed by atoms with Gasteiger partial charge < -0.3 is 31.3 Å². The number of phenolic OH excluding ortho intramolecular Hbond substituents is 1. The van der Waals surface area contributed by atoms with Crippen LogP contribution in [0.5, 0.6) is 5.75 Å². The summed E-state index contributed by atoms with van der Waals surface area (Å²) in [6, 6.07) is 3.28. The molecule has 4 aliphatic carbocycles. The smallest absolute Gasteiger partial charge is 0.320 e. The van der Waals surface area contributed by atoms with E-state index in [4.69, 9.17) is 5.73 Å². The molecule has 5 rings (SSSR count). The lowest BCUT2D eigenvalue weighted by Crippen LogP contribution is -2.62. The molecule has 0 bridgehead atoms. The lowest BCUT2D eigenvalue weighted by Gasteiger charge is -2.63.